The van der Waals surface area contributed by atoms with Crippen molar-refractivity contribution in [2.75, 3.05) is 65.7 Å². The summed E-state index contributed by atoms with van der Waals surface area (Å²) in [5, 5.41) is 13.3. The van der Waals surface area contributed by atoms with E-state index in [1.165, 1.54) is 180 Å². The Morgan fingerprint density at radius 2 is 0.554 bits per heavy atom. The Hall–Kier alpha value is -3.50. The summed E-state index contributed by atoms with van der Waals surface area (Å²) < 4.78 is 25.0. The molecule has 0 aliphatic rings. The number of amides is 2. The van der Waals surface area contributed by atoms with Crippen LogP contribution in [0.25, 0.3) is 0 Å². The van der Waals surface area contributed by atoms with Crippen LogP contribution in [0.5, 0.6) is 23.0 Å². The van der Waals surface area contributed by atoms with Gasteiger partial charge in [0.1, 0.15) is 0 Å². The van der Waals surface area contributed by atoms with Gasteiger partial charge in [-0.3, -0.25) is 9.59 Å². The molecule has 4 N–H and O–H groups in total. The molecule has 2 rings (SSSR count). The highest BCUT2D eigenvalue weighted by molar-refractivity contribution is 5.95. The van der Waals surface area contributed by atoms with E-state index >= 15 is 0 Å². The molecular weight excluding hydrogens is 921 g/mol. The molecule has 2 amide bonds. The number of nitrogens with one attached hydrogen (secondary N) is 4. The van der Waals surface area contributed by atoms with E-state index in [0.29, 0.717) is 62.1 Å². The summed E-state index contributed by atoms with van der Waals surface area (Å²) in [7, 11) is 0. The van der Waals surface area contributed by atoms with Crippen LogP contribution >= 0.6 is 0 Å². The lowest BCUT2D eigenvalue weighted by Crippen LogP contribution is -2.28. The average molecular weight is 1040 g/mol. The summed E-state index contributed by atoms with van der Waals surface area (Å²) in [6.45, 7) is 16.5. The van der Waals surface area contributed by atoms with E-state index in [1.54, 1.807) is 0 Å². The molecule has 2 aromatic rings. The van der Waals surface area contributed by atoms with E-state index < -0.39 is 0 Å². The number of carbonyl (C=O) groups is 2. The maximum absolute atomic E-state index is 13.2. The Labute approximate surface area is 454 Å². The first-order valence-electron chi connectivity index (χ1n) is 31.3. The molecule has 0 heterocycles. The second-order valence-electron chi connectivity index (χ2n) is 21.0. The van der Waals surface area contributed by atoms with Crippen molar-refractivity contribution in [2.24, 2.45) is 0 Å². The average Bonchev–Trinajstić information content (AvgIpc) is 3.41. The van der Waals surface area contributed by atoms with Crippen molar-refractivity contribution in [2.45, 2.75) is 259 Å². The highest BCUT2D eigenvalue weighted by Gasteiger charge is 2.14. The highest BCUT2D eigenvalue weighted by Crippen LogP contribution is 2.31. The van der Waals surface area contributed by atoms with Gasteiger partial charge in [0.05, 0.1) is 26.4 Å². The van der Waals surface area contributed by atoms with Gasteiger partial charge in [0.2, 0.25) is 0 Å². The molecule has 0 aromatic heterocycles. The summed E-state index contributed by atoms with van der Waals surface area (Å²) in [5.74, 6) is 2.69. The van der Waals surface area contributed by atoms with Crippen LogP contribution in [-0.4, -0.2) is 77.5 Å². The van der Waals surface area contributed by atoms with Crippen LogP contribution < -0.4 is 40.2 Å². The number of ether oxygens (including phenoxy) is 4. The minimum atomic E-state index is -0.0749. The minimum absolute atomic E-state index is 0.0749. The van der Waals surface area contributed by atoms with E-state index in [-0.39, 0.29) is 11.8 Å². The molecule has 0 saturated heterocycles. The van der Waals surface area contributed by atoms with Gasteiger partial charge in [0, 0.05) is 24.2 Å². The third-order valence-electron chi connectivity index (χ3n) is 14.0. The zero-order chi connectivity index (χ0) is 53.0. The monoisotopic (exact) mass is 1030 g/mol. The SMILES string of the molecule is CCCCCCCCCCOc1ccc(C(=O)NCCCNCCCCNCCCNC(=O)c2ccc(OCCCCCCCCCC)c(OCCCCCCCCCC)c2)cc1OCCCCCCCCCC. The zero-order valence-corrected chi connectivity index (χ0v) is 48.4. The lowest BCUT2D eigenvalue weighted by molar-refractivity contribution is 0.0944. The van der Waals surface area contributed by atoms with Gasteiger partial charge in [-0.15, -0.1) is 0 Å². The summed E-state index contributed by atoms with van der Waals surface area (Å²) in [6.07, 6.45) is 44.1. The number of rotatable bonds is 55. The van der Waals surface area contributed by atoms with Crippen molar-refractivity contribution in [1.82, 2.24) is 21.3 Å². The van der Waals surface area contributed by atoms with Crippen molar-refractivity contribution in [3.05, 3.63) is 47.5 Å². The first kappa shape index (κ1) is 66.6. The molecule has 0 bridgehead atoms. The molecular formula is C64H114N4O6. The fraction of sp³-hybridized carbons (Fsp3) is 0.781. The largest absolute Gasteiger partial charge is 0.490 e. The van der Waals surface area contributed by atoms with E-state index in [4.69, 9.17) is 18.9 Å². The third-order valence-corrected chi connectivity index (χ3v) is 14.0. The number of hydrogen-bond donors (Lipinski definition) is 4. The van der Waals surface area contributed by atoms with Gasteiger partial charge in [-0.2, -0.15) is 0 Å². The van der Waals surface area contributed by atoms with Crippen molar-refractivity contribution < 1.29 is 28.5 Å². The minimum Gasteiger partial charge on any atom is -0.490 e. The Bertz CT molecular complexity index is 1480. The fourth-order valence-corrected chi connectivity index (χ4v) is 9.22. The molecule has 2 aromatic carbocycles. The summed E-state index contributed by atoms with van der Waals surface area (Å²) in [4.78, 5) is 26.3. The molecule has 0 spiro atoms. The lowest BCUT2D eigenvalue weighted by Gasteiger charge is -2.15. The second kappa shape index (κ2) is 50.3. The predicted molar refractivity (Wildman–Crippen MR) is 314 cm³/mol. The van der Waals surface area contributed by atoms with E-state index in [1.807, 2.05) is 36.4 Å². The van der Waals surface area contributed by atoms with Crippen LogP contribution in [0, 0.1) is 0 Å². The van der Waals surface area contributed by atoms with Gasteiger partial charge in [0.25, 0.3) is 11.8 Å². The van der Waals surface area contributed by atoms with Crippen LogP contribution in [-0.2, 0) is 0 Å². The number of benzene rings is 2. The van der Waals surface area contributed by atoms with E-state index in [9.17, 15) is 9.59 Å². The van der Waals surface area contributed by atoms with Crippen molar-refractivity contribution in [1.29, 1.82) is 0 Å². The summed E-state index contributed by atoms with van der Waals surface area (Å²) in [5.41, 5.74) is 1.23. The molecule has 74 heavy (non-hydrogen) atoms. The van der Waals surface area contributed by atoms with Crippen LogP contribution in [0.15, 0.2) is 36.4 Å². The third kappa shape index (κ3) is 37.3. The molecule has 0 aliphatic carbocycles. The van der Waals surface area contributed by atoms with Crippen LogP contribution in [0.1, 0.15) is 280 Å². The van der Waals surface area contributed by atoms with Gasteiger partial charge in [-0.05, 0) is 114 Å². The summed E-state index contributed by atoms with van der Waals surface area (Å²) >= 11 is 0. The van der Waals surface area contributed by atoms with Crippen molar-refractivity contribution >= 4 is 11.8 Å². The van der Waals surface area contributed by atoms with Crippen LogP contribution in [0.4, 0.5) is 0 Å². The molecule has 0 unspecified atom stereocenters. The Morgan fingerprint density at radius 1 is 0.297 bits per heavy atom. The molecule has 0 aliphatic heterocycles. The first-order chi connectivity index (χ1) is 36.5. The highest BCUT2D eigenvalue weighted by atomic mass is 16.5. The van der Waals surface area contributed by atoms with Gasteiger partial charge in [-0.25, -0.2) is 0 Å². The number of unbranched alkanes of at least 4 members (excludes halogenated alkanes) is 29. The Balaban J connectivity index is 1.64. The zero-order valence-electron chi connectivity index (χ0n) is 48.4. The molecule has 426 valence electrons. The van der Waals surface area contributed by atoms with Crippen molar-refractivity contribution in [3.63, 3.8) is 0 Å². The topological polar surface area (TPSA) is 119 Å². The van der Waals surface area contributed by atoms with Crippen LogP contribution in [0.2, 0.25) is 0 Å². The van der Waals surface area contributed by atoms with E-state index in [2.05, 4.69) is 49.0 Å². The van der Waals surface area contributed by atoms with Gasteiger partial charge >= 0.3 is 0 Å². The standard InChI is InChI=1S/C64H114N4O6/c1-5-9-13-17-21-25-29-35-51-71-59-43-41-57(55-61(59)73-53-37-31-27-23-19-15-11-7-3)63(69)67-49-39-47-65-45-33-34-46-66-48-40-50-68-64(70)58-42-44-60(72-52-36-30-26-22-18-14-10-6-2)62(56-58)74-54-38-32-28-24-20-16-12-8-4/h41-44,55-56,65-66H,5-40,45-54H2,1-4H3,(H,67,69)(H,68,70). The predicted octanol–water partition coefficient (Wildman–Crippen LogP) is 16.7. The maximum Gasteiger partial charge on any atom is 0.251 e. The maximum atomic E-state index is 13.2. The summed E-state index contributed by atoms with van der Waals surface area (Å²) in [6, 6.07) is 11.3. The van der Waals surface area contributed by atoms with Gasteiger partial charge in [-0.1, -0.05) is 207 Å². The van der Waals surface area contributed by atoms with E-state index in [0.717, 1.165) is 89.0 Å². The van der Waals surface area contributed by atoms with Gasteiger partial charge in [0.15, 0.2) is 23.0 Å². The molecule has 0 fully saturated rings. The number of carbonyl (C=O) groups excluding carboxylic acids is 2. The molecule has 0 atom stereocenters. The normalized spacial score (nSPS) is 11.2. The first-order valence-corrected chi connectivity index (χ1v) is 31.3. The second-order valence-corrected chi connectivity index (χ2v) is 21.0. The quantitative estimate of drug-likeness (QED) is 0.0484. The van der Waals surface area contributed by atoms with Crippen molar-refractivity contribution in [3.8, 4) is 23.0 Å². The van der Waals surface area contributed by atoms with Crippen LogP contribution in [0.3, 0.4) is 0 Å². The smallest absolute Gasteiger partial charge is 0.251 e. The molecule has 0 radical (unpaired) electrons. The molecule has 0 saturated carbocycles. The Kier molecular flexibility index (Phi) is 45.3. The molecule has 10 nitrogen and oxygen atoms in total. The molecule has 10 heteroatoms. The fourth-order valence-electron chi connectivity index (χ4n) is 9.22. The Morgan fingerprint density at radius 3 is 0.851 bits per heavy atom. The number of hydrogen-bond acceptors (Lipinski definition) is 8. The lowest BCUT2D eigenvalue weighted by atomic mass is 10.1. The van der Waals surface area contributed by atoms with Gasteiger partial charge < -0.3 is 40.2 Å².